The van der Waals surface area contributed by atoms with Gasteiger partial charge in [-0.25, -0.2) is 14.8 Å². The summed E-state index contributed by atoms with van der Waals surface area (Å²) in [6.45, 7) is 5.45. The van der Waals surface area contributed by atoms with Crippen LogP contribution in [0.25, 0.3) is 0 Å². The predicted octanol–water partition coefficient (Wildman–Crippen LogP) is 4.33. The lowest BCUT2D eigenvalue weighted by molar-refractivity contribution is 0.0636. The molecule has 1 heterocycles. The van der Waals surface area contributed by atoms with Crippen molar-refractivity contribution in [3.63, 3.8) is 0 Å². The maximum absolute atomic E-state index is 11.7. The average Bonchev–Trinajstić information content (AvgIpc) is 2.41. The van der Waals surface area contributed by atoms with E-state index in [4.69, 9.17) is 4.74 Å². The maximum Gasteiger partial charge on any atom is 0.412 e. The molecule has 2 N–H and O–H groups in total. The van der Waals surface area contributed by atoms with E-state index in [-0.39, 0.29) is 0 Å². The maximum atomic E-state index is 11.7. The Morgan fingerprint density at radius 2 is 1.64 bits per heavy atom. The molecular formula is C15H17BrN4O2. The molecule has 0 unspecified atom stereocenters. The minimum absolute atomic E-state index is 0.482. The molecule has 7 heteroatoms. The van der Waals surface area contributed by atoms with E-state index in [1.165, 1.54) is 0 Å². The molecule has 0 aliphatic rings. The monoisotopic (exact) mass is 364 g/mol. The standard InChI is InChI=1S/C15H17BrN4O2/c1-15(2,3)22-14(21)20-12-6-4-11(5-7-12)19-13-17-8-10(16)9-18-13/h4-9H,1-3H3,(H,20,21)(H,17,18,19). The van der Waals surface area contributed by atoms with E-state index in [2.05, 4.69) is 36.5 Å². The van der Waals surface area contributed by atoms with Crippen LogP contribution in [0.3, 0.4) is 0 Å². The topological polar surface area (TPSA) is 76.1 Å². The van der Waals surface area contributed by atoms with Gasteiger partial charge in [0.1, 0.15) is 5.60 Å². The molecule has 2 rings (SSSR count). The zero-order valence-electron chi connectivity index (χ0n) is 12.6. The molecule has 1 aromatic carbocycles. The fourth-order valence-electron chi connectivity index (χ4n) is 1.56. The van der Waals surface area contributed by atoms with Crippen molar-refractivity contribution in [1.82, 2.24) is 9.97 Å². The van der Waals surface area contributed by atoms with E-state index < -0.39 is 11.7 Å². The molecule has 0 spiro atoms. The highest BCUT2D eigenvalue weighted by Crippen LogP contribution is 2.18. The Labute approximate surface area is 137 Å². The minimum Gasteiger partial charge on any atom is -0.444 e. The number of halogens is 1. The van der Waals surface area contributed by atoms with Crippen molar-refractivity contribution in [1.29, 1.82) is 0 Å². The van der Waals surface area contributed by atoms with E-state index in [0.29, 0.717) is 11.6 Å². The normalized spacial score (nSPS) is 10.9. The Bertz CT molecular complexity index is 636. The van der Waals surface area contributed by atoms with E-state index in [1.54, 1.807) is 24.5 Å². The third-order valence-electron chi connectivity index (χ3n) is 2.41. The lowest BCUT2D eigenvalue weighted by Gasteiger charge is -2.19. The first-order chi connectivity index (χ1) is 10.3. The number of hydrogen-bond donors (Lipinski definition) is 2. The van der Waals surface area contributed by atoms with Gasteiger partial charge in [0.2, 0.25) is 5.95 Å². The lowest BCUT2D eigenvalue weighted by atomic mass is 10.2. The molecule has 0 atom stereocenters. The molecule has 22 heavy (non-hydrogen) atoms. The summed E-state index contributed by atoms with van der Waals surface area (Å²) in [5.41, 5.74) is 0.943. The van der Waals surface area contributed by atoms with Crippen LogP contribution in [-0.2, 0) is 4.74 Å². The number of ether oxygens (including phenoxy) is 1. The van der Waals surface area contributed by atoms with Crippen molar-refractivity contribution in [3.05, 3.63) is 41.1 Å². The number of nitrogens with one attached hydrogen (secondary N) is 2. The zero-order valence-corrected chi connectivity index (χ0v) is 14.1. The Balaban J connectivity index is 1.95. The number of benzene rings is 1. The van der Waals surface area contributed by atoms with Gasteiger partial charge in [0.15, 0.2) is 0 Å². The van der Waals surface area contributed by atoms with Crippen LogP contribution in [0, 0.1) is 0 Å². The van der Waals surface area contributed by atoms with Gasteiger partial charge in [0.05, 0.1) is 4.47 Å². The molecule has 0 saturated heterocycles. The third kappa shape index (κ3) is 5.33. The second-order valence-electron chi connectivity index (χ2n) is 5.55. The quantitative estimate of drug-likeness (QED) is 0.847. The highest BCUT2D eigenvalue weighted by Gasteiger charge is 2.16. The van der Waals surface area contributed by atoms with Gasteiger partial charge in [-0.15, -0.1) is 0 Å². The summed E-state index contributed by atoms with van der Waals surface area (Å²) < 4.78 is 6.00. The smallest absolute Gasteiger partial charge is 0.412 e. The minimum atomic E-state index is -0.523. The molecule has 2 aromatic rings. The lowest BCUT2D eigenvalue weighted by Crippen LogP contribution is -2.27. The molecule has 0 aliphatic heterocycles. The highest BCUT2D eigenvalue weighted by molar-refractivity contribution is 9.10. The number of hydrogen-bond acceptors (Lipinski definition) is 5. The van der Waals surface area contributed by atoms with Crippen LogP contribution in [0.2, 0.25) is 0 Å². The van der Waals surface area contributed by atoms with E-state index in [1.807, 2.05) is 32.9 Å². The van der Waals surface area contributed by atoms with Gasteiger partial charge < -0.3 is 10.1 Å². The first kappa shape index (κ1) is 16.2. The van der Waals surface area contributed by atoms with Crippen LogP contribution >= 0.6 is 15.9 Å². The van der Waals surface area contributed by atoms with Crippen molar-refractivity contribution in [2.75, 3.05) is 10.6 Å². The second-order valence-corrected chi connectivity index (χ2v) is 6.47. The van der Waals surface area contributed by atoms with Gasteiger partial charge in [-0.2, -0.15) is 0 Å². The Morgan fingerprint density at radius 1 is 1.09 bits per heavy atom. The van der Waals surface area contributed by atoms with Gasteiger partial charge in [0.25, 0.3) is 0 Å². The van der Waals surface area contributed by atoms with Crippen LogP contribution in [-0.4, -0.2) is 21.7 Å². The molecule has 116 valence electrons. The van der Waals surface area contributed by atoms with Crippen molar-refractivity contribution in [2.24, 2.45) is 0 Å². The predicted molar refractivity (Wildman–Crippen MR) is 89.3 cm³/mol. The van der Waals surface area contributed by atoms with Crippen LogP contribution < -0.4 is 10.6 Å². The van der Waals surface area contributed by atoms with Gasteiger partial charge in [-0.1, -0.05) is 0 Å². The largest absolute Gasteiger partial charge is 0.444 e. The van der Waals surface area contributed by atoms with Gasteiger partial charge in [0, 0.05) is 23.8 Å². The molecule has 0 radical (unpaired) electrons. The number of carbonyl (C=O) groups excluding carboxylic acids is 1. The number of anilines is 3. The van der Waals surface area contributed by atoms with Gasteiger partial charge in [-0.3, -0.25) is 5.32 Å². The molecule has 0 aliphatic carbocycles. The Hall–Kier alpha value is -2.15. The summed E-state index contributed by atoms with van der Waals surface area (Å²) in [6, 6.07) is 7.17. The van der Waals surface area contributed by atoms with Gasteiger partial charge >= 0.3 is 6.09 Å². The molecule has 1 amide bonds. The van der Waals surface area contributed by atoms with E-state index in [9.17, 15) is 4.79 Å². The molecule has 0 fully saturated rings. The Morgan fingerprint density at radius 3 is 2.18 bits per heavy atom. The van der Waals surface area contributed by atoms with Crippen LogP contribution in [0.4, 0.5) is 22.1 Å². The zero-order chi connectivity index (χ0) is 16.2. The first-order valence-corrected chi connectivity index (χ1v) is 7.46. The fourth-order valence-corrected chi connectivity index (χ4v) is 1.77. The second kappa shape index (κ2) is 6.74. The number of nitrogens with zero attached hydrogens (tertiary/aromatic N) is 2. The summed E-state index contributed by atoms with van der Waals surface area (Å²) in [4.78, 5) is 19.9. The molecule has 6 nitrogen and oxygen atoms in total. The van der Waals surface area contributed by atoms with Crippen molar-refractivity contribution in [2.45, 2.75) is 26.4 Å². The van der Waals surface area contributed by atoms with E-state index in [0.717, 1.165) is 10.2 Å². The van der Waals surface area contributed by atoms with Crippen molar-refractivity contribution < 1.29 is 9.53 Å². The third-order valence-corrected chi connectivity index (χ3v) is 2.82. The first-order valence-electron chi connectivity index (χ1n) is 6.66. The molecule has 1 aromatic heterocycles. The molecular weight excluding hydrogens is 348 g/mol. The fraction of sp³-hybridized carbons (Fsp3) is 0.267. The molecule has 0 bridgehead atoms. The SMILES string of the molecule is CC(C)(C)OC(=O)Nc1ccc(Nc2ncc(Br)cn2)cc1. The summed E-state index contributed by atoms with van der Waals surface area (Å²) in [7, 11) is 0. The van der Waals surface area contributed by atoms with Crippen LogP contribution in [0.5, 0.6) is 0 Å². The van der Waals surface area contributed by atoms with Crippen molar-refractivity contribution in [3.8, 4) is 0 Å². The van der Waals surface area contributed by atoms with Crippen LogP contribution in [0.15, 0.2) is 41.1 Å². The van der Waals surface area contributed by atoms with E-state index >= 15 is 0 Å². The van der Waals surface area contributed by atoms with Crippen molar-refractivity contribution >= 4 is 39.3 Å². The molecule has 0 saturated carbocycles. The summed E-state index contributed by atoms with van der Waals surface area (Å²) in [5.74, 6) is 0.496. The number of carbonyl (C=O) groups is 1. The summed E-state index contributed by atoms with van der Waals surface area (Å²) in [6.07, 6.45) is 2.84. The number of rotatable bonds is 3. The number of aromatic nitrogens is 2. The number of amides is 1. The average molecular weight is 365 g/mol. The summed E-state index contributed by atoms with van der Waals surface area (Å²) in [5, 5.41) is 5.73. The highest BCUT2D eigenvalue weighted by atomic mass is 79.9. The summed E-state index contributed by atoms with van der Waals surface area (Å²) >= 11 is 3.28. The van der Waals surface area contributed by atoms with Gasteiger partial charge in [-0.05, 0) is 61.0 Å². The van der Waals surface area contributed by atoms with Crippen LogP contribution in [0.1, 0.15) is 20.8 Å². The Kier molecular flexibility index (Phi) is 4.97.